The fraction of sp³-hybridized carbons (Fsp3) is 0.375. The SMILES string of the molecule is CCCCCN1C(=O)C2(COc3cc4c(cc32)OCO4)c2c(/C=C\CCl)cccc21. The number of ether oxygens (including phenoxy) is 3. The fourth-order valence-corrected chi connectivity index (χ4v) is 4.86. The average Bonchev–Trinajstić information content (AvgIpc) is 3.43. The summed E-state index contributed by atoms with van der Waals surface area (Å²) in [7, 11) is 0. The minimum Gasteiger partial charge on any atom is -0.491 e. The van der Waals surface area contributed by atoms with E-state index in [9.17, 15) is 4.79 Å². The van der Waals surface area contributed by atoms with Crippen molar-refractivity contribution >= 4 is 29.3 Å². The number of alkyl halides is 1. The van der Waals surface area contributed by atoms with Crippen LogP contribution in [0.4, 0.5) is 5.69 Å². The number of fused-ring (bicyclic) bond motifs is 5. The van der Waals surface area contributed by atoms with Crippen LogP contribution in [0, 0.1) is 0 Å². The predicted molar refractivity (Wildman–Crippen MR) is 117 cm³/mol. The maximum atomic E-state index is 14.0. The van der Waals surface area contributed by atoms with E-state index in [0.29, 0.717) is 29.7 Å². The van der Waals surface area contributed by atoms with Crippen LogP contribution in [0.3, 0.4) is 0 Å². The second-order valence-electron chi connectivity index (χ2n) is 7.86. The molecule has 3 heterocycles. The highest BCUT2D eigenvalue weighted by Gasteiger charge is 2.58. The highest BCUT2D eigenvalue weighted by atomic mass is 35.5. The van der Waals surface area contributed by atoms with E-state index >= 15 is 0 Å². The van der Waals surface area contributed by atoms with Gasteiger partial charge in [0.15, 0.2) is 11.5 Å². The summed E-state index contributed by atoms with van der Waals surface area (Å²) in [5.41, 5.74) is 2.91. The summed E-state index contributed by atoms with van der Waals surface area (Å²) in [5.74, 6) is 2.48. The lowest BCUT2D eigenvalue weighted by molar-refractivity contribution is -0.122. The Morgan fingerprint density at radius 3 is 2.77 bits per heavy atom. The molecule has 6 heteroatoms. The Bertz CT molecular complexity index is 1030. The van der Waals surface area contributed by atoms with E-state index in [0.717, 1.165) is 41.6 Å². The second-order valence-corrected chi connectivity index (χ2v) is 8.17. The lowest BCUT2D eigenvalue weighted by Crippen LogP contribution is -2.43. The minimum atomic E-state index is -0.884. The number of allylic oxidation sites excluding steroid dienone is 1. The summed E-state index contributed by atoms with van der Waals surface area (Å²) in [6.07, 6.45) is 7.07. The van der Waals surface area contributed by atoms with E-state index in [2.05, 4.69) is 6.92 Å². The van der Waals surface area contributed by atoms with Crippen molar-refractivity contribution in [1.82, 2.24) is 0 Å². The van der Waals surface area contributed by atoms with E-state index < -0.39 is 5.41 Å². The van der Waals surface area contributed by atoms with Crippen molar-refractivity contribution in [1.29, 1.82) is 0 Å². The number of halogens is 1. The molecule has 0 aromatic heterocycles. The van der Waals surface area contributed by atoms with Gasteiger partial charge in [-0.3, -0.25) is 4.79 Å². The van der Waals surface area contributed by atoms with Gasteiger partial charge in [0.05, 0.1) is 0 Å². The maximum absolute atomic E-state index is 14.0. The molecule has 156 valence electrons. The Kier molecular flexibility index (Phi) is 4.86. The summed E-state index contributed by atoms with van der Waals surface area (Å²) >= 11 is 5.92. The van der Waals surface area contributed by atoms with E-state index in [4.69, 9.17) is 25.8 Å². The number of benzene rings is 2. The zero-order chi connectivity index (χ0) is 20.7. The quantitative estimate of drug-likeness (QED) is 0.488. The van der Waals surface area contributed by atoms with Gasteiger partial charge >= 0.3 is 0 Å². The molecule has 5 rings (SSSR count). The van der Waals surface area contributed by atoms with Gasteiger partial charge in [-0.15, -0.1) is 11.6 Å². The van der Waals surface area contributed by atoms with Crippen molar-refractivity contribution < 1.29 is 19.0 Å². The van der Waals surface area contributed by atoms with Crippen LogP contribution in [-0.4, -0.2) is 31.7 Å². The standard InChI is InChI=1S/C24H24ClNO4/c1-2-3-4-11-26-18-9-5-7-16(8-6-10-25)22(18)24(23(26)27)14-28-19-13-21-20(12-17(19)24)29-15-30-21/h5-9,12-13H,2-4,10-11,14-15H2,1H3/b8-6-. The molecule has 2 aromatic rings. The fourth-order valence-electron chi connectivity index (χ4n) is 4.77. The van der Waals surface area contributed by atoms with Crippen LogP contribution in [0.2, 0.25) is 0 Å². The normalized spacial score (nSPS) is 20.9. The number of amides is 1. The number of rotatable bonds is 6. The van der Waals surface area contributed by atoms with Crippen LogP contribution >= 0.6 is 11.6 Å². The molecule has 3 aliphatic heterocycles. The van der Waals surface area contributed by atoms with Crippen molar-refractivity contribution in [3.05, 3.63) is 53.1 Å². The summed E-state index contributed by atoms with van der Waals surface area (Å²) in [5, 5.41) is 0. The number of carbonyl (C=O) groups is 1. The highest BCUT2D eigenvalue weighted by Crippen LogP contribution is 2.56. The molecule has 0 saturated heterocycles. The van der Waals surface area contributed by atoms with Crippen LogP contribution in [0.25, 0.3) is 6.08 Å². The number of nitrogens with zero attached hydrogens (tertiary/aromatic N) is 1. The first-order chi connectivity index (χ1) is 14.7. The molecular formula is C24H24ClNO4. The molecule has 0 saturated carbocycles. The molecule has 1 spiro atoms. The molecule has 5 nitrogen and oxygen atoms in total. The molecule has 2 aromatic carbocycles. The lowest BCUT2D eigenvalue weighted by Gasteiger charge is -2.24. The van der Waals surface area contributed by atoms with Crippen LogP contribution in [-0.2, 0) is 10.2 Å². The Hall–Kier alpha value is -2.66. The van der Waals surface area contributed by atoms with Crippen molar-refractivity contribution in [2.24, 2.45) is 0 Å². The predicted octanol–water partition coefficient (Wildman–Crippen LogP) is 4.88. The molecule has 1 unspecified atom stereocenters. The molecule has 0 bridgehead atoms. The van der Waals surface area contributed by atoms with Gasteiger partial charge in [0.1, 0.15) is 17.8 Å². The van der Waals surface area contributed by atoms with Gasteiger partial charge in [-0.05, 0) is 24.1 Å². The Labute approximate surface area is 181 Å². The summed E-state index contributed by atoms with van der Waals surface area (Å²) in [6.45, 7) is 3.32. The number of hydrogen-bond acceptors (Lipinski definition) is 4. The van der Waals surface area contributed by atoms with Gasteiger partial charge in [-0.2, -0.15) is 0 Å². The zero-order valence-corrected chi connectivity index (χ0v) is 17.7. The third-order valence-corrected chi connectivity index (χ3v) is 6.33. The van der Waals surface area contributed by atoms with Crippen molar-refractivity contribution in [2.45, 2.75) is 31.6 Å². The van der Waals surface area contributed by atoms with E-state index in [1.54, 1.807) is 0 Å². The maximum Gasteiger partial charge on any atom is 0.245 e. The topological polar surface area (TPSA) is 48.0 Å². The van der Waals surface area contributed by atoms with E-state index in [-0.39, 0.29) is 19.3 Å². The monoisotopic (exact) mass is 425 g/mol. The van der Waals surface area contributed by atoms with Crippen LogP contribution in [0.5, 0.6) is 17.2 Å². The molecular weight excluding hydrogens is 402 g/mol. The molecule has 0 fully saturated rings. The van der Waals surface area contributed by atoms with Crippen molar-refractivity contribution in [3.63, 3.8) is 0 Å². The van der Waals surface area contributed by atoms with E-state index in [1.807, 2.05) is 47.4 Å². The minimum absolute atomic E-state index is 0.0675. The Balaban J connectivity index is 1.69. The Morgan fingerprint density at radius 2 is 1.97 bits per heavy atom. The summed E-state index contributed by atoms with van der Waals surface area (Å²) in [6, 6.07) is 9.84. The number of unbranched alkanes of at least 4 members (excludes halogenated alkanes) is 2. The Morgan fingerprint density at radius 1 is 1.13 bits per heavy atom. The summed E-state index contributed by atoms with van der Waals surface area (Å²) < 4.78 is 17.2. The second kappa shape index (κ2) is 7.55. The van der Waals surface area contributed by atoms with Crippen LogP contribution < -0.4 is 19.1 Å². The van der Waals surface area contributed by atoms with Crippen molar-refractivity contribution in [3.8, 4) is 17.2 Å². The van der Waals surface area contributed by atoms with E-state index in [1.165, 1.54) is 0 Å². The largest absolute Gasteiger partial charge is 0.491 e. The highest BCUT2D eigenvalue weighted by molar-refractivity contribution is 6.19. The molecule has 1 amide bonds. The first-order valence-corrected chi connectivity index (χ1v) is 11.0. The smallest absolute Gasteiger partial charge is 0.245 e. The molecule has 0 aliphatic carbocycles. The van der Waals surface area contributed by atoms with Gasteiger partial charge in [-0.25, -0.2) is 0 Å². The third kappa shape index (κ3) is 2.72. The molecule has 30 heavy (non-hydrogen) atoms. The average molecular weight is 426 g/mol. The lowest BCUT2D eigenvalue weighted by atomic mass is 9.75. The molecule has 0 N–H and O–H groups in total. The number of hydrogen-bond donors (Lipinski definition) is 0. The van der Waals surface area contributed by atoms with Gasteiger partial charge < -0.3 is 19.1 Å². The first kappa shape index (κ1) is 19.3. The van der Waals surface area contributed by atoms with Crippen LogP contribution in [0.15, 0.2) is 36.4 Å². The number of carbonyl (C=O) groups excluding carboxylic acids is 1. The third-order valence-electron chi connectivity index (χ3n) is 6.15. The van der Waals surface area contributed by atoms with Gasteiger partial charge in [0.2, 0.25) is 12.7 Å². The summed E-state index contributed by atoms with van der Waals surface area (Å²) in [4.78, 5) is 15.9. The van der Waals surface area contributed by atoms with Gasteiger partial charge in [0.25, 0.3) is 0 Å². The zero-order valence-electron chi connectivity index (χ0n) is 16.9. The molecule has 0 radical (unpaired) electrons. The van der Waals surface area contributed by atoms with Crippen molar-refractivity contribution in [2.75, 3.05) is 30.7 Å². The molecule has 1 atom stereocenters. The van der Waals surface area contributed by atoms with Gasteiger partial charge in [0, 0.05) is 35.3 Å². The number of anilines is 1. The van der Waals surface area contributed by atoms with Gasteiger partial charge in [-0.1, -0.05) is 44.1 Å². The first-order valence-electron chi connectivity index (χ1n) is 10.5. The van der Waals surface area contributed by atoms with Crippen LogP contribution in [0.1, 0.15) is 42.9 Å². The molecule has 3 aliphatic rings.